The minimum absolute atomic E-state index is 0.133. The van der Waals surface area contributed by atoms with Gasteiger partial charge in [-0.25, -0.2) is 4.99 Å². The lowest BCUT2D eigenvalue weighted by atomic mass is 9.83. The van der Waals surface area contributed by atoms with E-state index in [0.717, 1.165) is 22.3 Å². The van der Waals surface area contributed by atoms with Crippen molar-refractivity contribution in [1.29, 1.82) is 0 Å². The monoisotopic (exact) mass is 508 g/mol. The van der Waals surface area contributed by atoms with E-state index >= 15 is 0 Å². The molecule has 0 spiro atoms. The number of benzene rings is 4. The second-order valence-electron chi connectivity index (χ2n) is 8.82. The lowest BCUT2D eigenvalue weighted by molar-refractivity contribution is -0.130. The second kappa shape index (κ2) is 10.3. The molecule has 0 atom stereocenters. The van der Waals surface area contributed by atoms with E-state index in [2.05, 4.69) is 5.32 Å². The van der Waals surface area contributed by atoms with Crippen molar-refractivity contribution in [1.82, 2.24) is 10.2 Å². The Bertz CT molecular complexity index is 1430. The van der Waals surface area contributed by atoms with Crippen molar-refractivity contribution < 1.29 is 9.59 Å². The first-order valence-corrected chi connectivity index (χ1v) is 12.2. The third kappa shape index (κ3) is 4.84. The van der Waals surface area contributed by atoms with E-state index in [0.29, 0.717) is 17.1 Å². The molecule has 184 valence electrons. The summed E-state index contributed by atoms with van der Waals surface area (Å²) in [6.07, 6.45) is 0. The van der Waals surface area contributed by atoms with Crippen LogP contribution in [0.3, 0.4) is 0 Å². The summed E-state index contributed by atoms with van der Waals surface area (Å²) in [5.41, 5.74) is 8.72. The van der Waals surface area contributed by atoms with Gasteiger partial charge in [0.25, 0.3) is 11.8 Å². The molecule has 0 radical (unpaired) electrons. The van der Waals surface area contributed by atoms with E-state index < -0.39 is 5.54 Å². The molecule has 0 saturated heterocycles. The van der Waals surface area contributed by atoms with Crippen LogP contribution in [-0.4, -0.2) is 22.7 Å². The van der Waals surface area contributed by atoms with Crippen LogP contribution in [-0.2, 0) is 23.4 Å². The van der Waals surface area contributed by atoms with Crippen molar-refractivity contribution in [3.8, 4) is 0 Å². The van der Waals surface area contributed by atoms with Crippen LogP contribution < -0.4 is 11.1 Å². The first-order chi connectivity index (χ1) is 18.0. The fourth-order valence-corrected chi connectivity index (χ4v) is 4.77. The van der Waals surface area contributed by atoms with Gasteiger partial charge in [0.2, 0.25) is 0 Å². The van der Waals surface area contributed by atoms with Crippen molar-refractivity contribution in [2.24, 2.45) is 10.7 Å². The average Bonchev–Trinajstić information content (AvgIpc) is 3.18. The van der Waals surface area contributed by atoms with Gasteiger partial charge in [0.1, 0.15) is 0 Å². The molecule has 1 heterocycles. The molecular formula is C30H25ClN4O2. The SMILES string of the molecule is NC1=NC(c2ccccc2)(c2ccccc2)C(=O)N1Cc1cccc(C(=O)NCc2cccc(Cl)c2)c1. The molecule has 4 aromatic rings. The Kier molecular flexibility index (Phi) is 6.75. The van der Waals surface area contributed by atoms with Crippen molar-refractivity contribution >= 4 is 29.4 Å². The highest BCUT2D eigenvalue weighted by atomic mass is 35.5. The maximum atomic E-state index is 14.0. The normalized spacial score (nSPS) is 14.4. The van der Waals surface area contributed by atoms with Gasteiger partial charge in [-0.05, 0) is 46.5 Å². The Hall–Kier alpha value is -4.42. The number of halogens is 1. The number of hydrogen-bond acceptors (Lipinski definition) is 4. The zero-order valence-electron chi connectivity index (χ0n) is 20.0. The highest BCUT2D eigenvalue weighted by Gasteiger charge is 2.50. The lowest BCUT2D eigenvalue weighted by Gasteiger charge is -2.27. The van der Waals surface area contributed by atoms with Crippen LogP contribution in [0.15, 0.2) is 114 Å². The predicted molar refractivity (Wildman–Crippen MR) is 145 cm³/mol. The van der Waals surface area contributed by atoms with Crippen molar-refractivity contribution in [3.05, 3.63) is 142 Å². The molecule has 7 heteroatoms. The summed E-state index contributed by atoms with van der Waals surface area (Å²) in [6.45, 7) is 0.537. The zero-order valence-corrected chi connectivity index (χ0v) is 20.7. The van der Waals surface area contributed by atoms with Crippen LogP contribution in [0.1, 0.15) is 32.6 Å². The third-order valence-electron chi connectivity index (χ3n) is 6.37. The van der Waals surface area contributed by atoms with Crippen LogP contribution in [0.25, 0.3) is 0 Å². The van der Waals surface area contributed by atoms with Gasteiger partial charge in [-0.1, -0.05) is 96.5 Å². The molecule has 0 unspecified atom stereocenters. The molecule has 0 saturated carbocycles. The average molecular weight is 509 g/mol. The quantitative estimate of drug-likeness (QED) is 0.373. The Morgan fingerprint density at radius 2 is 1.46 bits per heavy atom. The van der Waals surface area contributed by atoms with E-state index in [9.17, 15) is 9.59 Å². The smallest absolute Gasteiger partial charge is 0.266 e. The fraction of sp³-hybridized carbons (Fsp3) is 0.100. The van der Waals surface area contributed by atoms with E-state index in [1.807, 2.05) is 84.9 Å². The first-order valence-electron chi connectivity index (χ1n) is 11.9. The number of nitrogens with one attached hydrogen (secondary N) is 1. The Balaban J connectivity index is 1.38. The summed E-state index contributed by atoms with van der Waals surface area (Å²) in [6, 6.07) is 33.4. The molecule has 0 fully saturated rings. The van der Waals surface area contributed by atoms with Gasteiger partial charge in [-0.3, -0.25) is 14.5 Å². The molecule has 37 heavy (non-hydrogen) atoms. The fourth-order valence-electron chi connectivity index (χ4n) is 4.56. The maximum Gasteiger partial charge on any atom is 0.266 e. The van der Waals surface area contributed by atoms with Crippen LogP contribution in [0.2, 0.25) is 5.02 Å². The Morgan fingerprint density at radius 3 is 2.11 bits per heavy atom. The number of carbonyl (C=O) groups excluding carboxylic acids is 2. The first kappa shape index (κ1) is 24.3. The third-order valence-corrected chi connectivity index (χ3v) is 6.60. The zero-order chi connectivity index (χ0) is 25.8. The standard InChI is InChI=1S/C30H25ClN4O2/c31-26-16-8-9-21(18-26)19-33-27(36)23-11-7-10-22(17-23)20-35-28(37)30(34-29(35)32,24-12-3-1-4-13-24)25-14-5-2-6-15-25/h1-18H,19-20H2,(H2,32,34)(H,33,36). The van der Waals surface area contributed by atoms with E-state index in [-0.39, 0.29) is 24.3 Å². The number of aliphatic imine (C=N–C) groups is 1. The lowest BCUT2D eigenvalue weighted by Crippen LogP contribution is -2.43. The molecule has 3 N–H and O–H groups in total. The van der Waals surface area contributed by atoms with Crippen molar-refractivity contribution in [2.75, 3.05) is 0 Å². The summed E-state index contributed by atoms with van der Waals surface area (Å²) >= 11 is 6.04. The molecule has 1 aliphatic rings. The molecule has 5 rings (SSSR count). The highest BCUT2D eigenvalue weighted by molar-refractivity contribution is 6.30. The maximum absolute atomic E-state index is 14.0. The van der Waals surface area contributed by atoms with Gasteiger partial charge in [0.15, 0.2) is 11.5 Å². The molecule has 0 bridgehead atoms. The summed E-state index contributed by atoms with van der Waals surface area (Å²) in [4.78, 5) is 33.0. The second-order valence-corrected chi connectivity index (χ2v) is 9.25. The molecule has 0 aliphatic carbocycles. The molecule has 2 amide bonds. The van der Waals surface area contributed by atoms with E-state index in [1.54, 1.807) is 24.3 Å². The molecular weight excluding hydrogens is 484 g/mol. The summed E-state index contributed by atoms with van der Waals surface area (Å²) in [5, 5.41) is 3.53. The number of guanidine groups is 1. The van der Waals surface area contributed by atoms with Crippen LogP contribution in [0.4, 0.5) is 0 Å². The molecule has 4 aromatic carbocycles. The van der Waals surface area contributed by atoms with E-state index in [4.69, 9.17) is 22.3 Å². The number of carbonyl (C=O) groups is 2. The predicted octanol–water partition coefficient (Wildman–Crippen LogP) is 4.87. The highest BCUT2D eigenvalue weighted by Crippen LogP contribution is 2.39. The van der Waals surface area contributed by atoms with Crippen LogP contribution in [0.5, 0.6) is 0 Å². The Labute approximate surface area is 220 Å². The van der Waals surface area contributed by atoms with Crippen molar-refractivity contribution in [2.45, 2.75) is 18.6 Å². The van der Waals surface area contributed by atoms with E-state index in [1.165, 1.54) is 4.90 Å². The molecule has 1 aliphatic heterocycles. The van der Waals surface area contributed by atoms with Gasteiger partial charge in [0, 0.05) is 17.1 Å². The number of nitrogens with zero attached hydrogens (tertiary/aromatic N) is 2. The minimum Gasteiger partial charge on any atom is -0.369 e. The van der Waals surface area contributed by atoms with Gasteiger partial charge >= 0.3 is 0 Å². The molecule has 6 nitrogen and oxygen atoms in total. The topological polar surface area (TPSA) is 87.8 Å². The largest absolute Gasteiger partial charge is 0.369 e. The summed E-state index contributed by atoms with van der Waals surface area (Å²) in [7, 11) is 0. The van der Waals surface area contributed by atoms with Gasteiger partial charge in [0.05, 0.1) is 6.54 Å². The number of hydrogen-bond donors (Lipinski definition) is 2. The Morgan fingerprint density at radius 1 is 0.838 bits per heavy atom. The van der Waals surface area contributed by atoms with Crippen molar-refractivity contribution in [3.63, 3.8) is 0 Å². The van der Waals surface area contributed by atoms with Crippen LogP contribution in [0, 0.1) is 0 Å². The summed E-state index contributed by atoms with van der Waals surface area (Å²) in [5.74, 6) is -0.328. The number of amides is 2. The van der Waals surface area contributed by atoms with Gasteiger partial charge < -0.3 is 11.1 Å². The number of rotatable bonds is 7. The van der Waals surface area contributed by atoms with Crippen LogP contribution >= 0.6 is 11.6 Å². The minimum atomic E-state index is -1.27. The molecule has 0 aromatic heterocycles. The van der Waals surface area contributed by atoms with Gasteiger partial charge in [-0.2, -0.15) is 0 Å². The number of nitrogens with two attached hydrogens (primary N) is 1. The van der Waals surface area contributed by atoms with Gasteiger partial charge in [-0.15, -0.1) is 0 Å². The summed E-state index contributed by atoms with van der Waals surface area (Å²) < 4.78 is 0.